The van der Waals surface area contributed by atoms with Gasteiger partial charge in [0.15, 0.2) is 0 Å². The monoisotopic (exact) mass is 529 g/mol. The van der Waals surface area contributed by atoms with Crippen molar-refractivity contribution in [1.82, 2.24) is 9.80 Å². The van der Waals surface area contributed by atoms with E-state index in [1.807, 2.05) is 67.7 Å². The van der Waals surface area contributed by atoms with Gasteiger partial charge in [0.05, 0.1) is 17.9 Å². The molecular weight excluding hydrogens is 498 g/mol. The molecule has 38 heavy (non-hydrogen) atoms. The zero-order valence-corrected chi connectivity index (χ0v) is 22.7. The lowest BCUT2D eigenvalue weighted by Gasteiger charge is -2.38. The number of amides is 2. The summed E-state index contributed by atoms with van der Waals surface area (Å²) in [5.74, 6) is -0.635. The second-order valence-electron chi connectivity index (χ2n) is 10.1. The molecule has 3 aromatic carbocycles. The van der Waals surface area contributed by atoms with Gasteiger partial charge in [-0.1, -0.05) is 48.0 Å². The summed E-state index contributed by atoms with van der Waals surface area (Å²) < 4.78 is 0. The number of rotatable bonds is 6. The summed E-state index contributed by atoms with van der Waals surface area (Å²) in [6.07, 6.45) is 0. The number of nitrogens with one attached hydrogen (secondary N) is 1. The molecule has 0 aromatic heterocycles. The fraction of sp³-hybridized carbons (Fsp3) is 0.300. The van der Waals surface area contributed by atoms with E-state index in [0.29, 0.717) is 34.7 Å². The first-order valence-electron chi connectivity index (χ1n) is 12.8. The second-order valence-corrected chi connectivity index (χ2v) is 10.5. The van der Waals surface area contributed by atoms with E-state index in [4.69, 9.17) is 16.6 Å². The summed E-state index contributed by atoms with van der Waals surface area (Å²) in [6, 6.07) is 23.1. The summed E-state index contributed by atoms with van der Waals surface area (Å²) in [7, 11) is 3.92. The van der Waals surface area contributed by atoms with Crippen LogP contribution in [0.2, 0.25) is 5.02 Å². The van der Waals surface area contributed by atoms with E-state index in [0.717, 1.165) is 36.4 Å². The lowest BCUT2D eigenvalue weighted by Crippen LogP contribution is -2.53. The maximum atomic E-state index is 13.1. The number of piperazine rings is 1. The average Bonchev–Trinajstić information content (AvgIpc) is 3.23. The maximum Gasteiger partial charge on any atom is 0.240 e. The van der Waals surface area contributed by atoms with Crippen LogP contribution in [0.4, 0.5) is 17.1 Å². The summed E-state index contributed by atoms with van der Waals surface area (Å²) in [4.78, 5) is 37.3. The second kappa shape index (κ2) is 11.1. The number of hydrogen-bond donors (Lipinski definition) is 1. The van der Waals surface area contributed by atoms with Gasteiger partial charge in [-0.05, 0) is 61.5 Å². The number of benzene rings is 3. The number of nitrogens with zero attached hydrogens (tertiary/aromatic N) is 4. The Bertz CT molecular complexity index is 1360. The molecule has 0 radical (unpaired) electrons. The molecule has 1 N–H and O–H groups in total. The molecule has 2 atom stereocenters. The molecule has 1 saturated heterocycles. The fourth-order valence-electron chi connectivity index (χ4n) is 5.14. The Hall–Kier alpha value is -3.52. The summed E-state index contributed by atoms with van der Waals surface area (Å²) >= 11 is 6.16. The van der Waals surface area contributed by atoms with Crippen molar-refractivity contribution >= 4 is 46.2 Å². The standard InChI is InChI=1S/C30H32ClN5O2/c1-20-18-34(2)15-16-36(20)19-27(37)35(3)24-12-10-23(11-13-24)32-29(21-7-5-4-6-8-21)28-25-14-9-22(31)17-26(25)33-30(28)38/h4-14,17,20,28H,15-16,18-19H2,1-3H3,(H,33,38). The highest BCUT2D eigenvalue weighted by Gasteiger charge is 2.35. The Labute approximate surface area is 228 Å². The van der Waals surface area contributed by atoms with Crippen LogP contribution in [0.15, 0.2) is 77.8 Å². The lowest BCUT2D eigenvalue weighted by molar-refractivity contribution is -0.120. The first-order valence-corrected chi connectivity index (χ1v) is 13.2. The van der Waals surface area contributed by atoms with E-state index in [9.17, 15) is 9.59 Å². The molecule has 2 heterocycles. The van der Waals surface area contributed by atoms with E-state index in [1.54, 1.807) is 17.0 Å². The molecule has 2 aliphatic heterocycles. The van der Waals surface area contributed by atoms with Crippen molar-refractivity contribution in [3.05, 3.63) is 88.9 Å². The van der Waals surface area contributed by atoms with Crippen LogP contribution < -0.4 is 10.2 Å². The fourth-order valence-corrected chi connectivity index (χ4v) is 5.31. The Kier molecular flexibility index (Phi) is 7.61. The SMILES string of the molecule is CC1CN(C)CCN1CC(=O)N(C)c1ccc(N=C(c2ccccc2)C2C(=O)Nc3cc(Cl)ccc32)cc1. The molecule has 0 aliphatic carbocycles. The third kappa shape index (κ3) is 5.50. The third-order valence-electron chi connectivity index (χ3n) is 7.36. The minimum absolute atomic E-state index is 0.0560. The molecule has 196 valence electrons. The van der Waals surface area contributed by atoms with Crippen molar-refractivity contribution in [3.63, 3.8) is 0 Å². The van der Waals surface area contributed by atoms with Crippen molar-refractivity contribution in [3.8, 4) is 0 Å². The van der Waals surface area contributed by atoms with Crippen LogP contribution in [0, 0.1) is 0 Å². The van der Waals surface area contributed by atoms with Gasteiger partial charge in [0.1, 0.15) is 5.92 Å². The van der Waals surface area contributed by atoms with E-state index in [1.165, 1.54) is 0 Å². The van der Waals surface area contributed by atoms with Gasteiger partial charge in [-0.15, -0.1) is 0 Å². The van der Waals surface area contributed by atoms with Gasteiger partial charge in [0.2, 0.25) is 11.8 Å². The Morgan fingerprint density at radius 3 is 2.53 bits per heavy atom. The molecule has 1 fully saturated rings. The highest BCUT2D eigenvalue weighted by atomic mass is 35.5. The topological polar surface area (TPSA) is 68.2 Å². The van der Waals surface area contributed by atoms with E-state index >= 15 is 0 Å². The van der Waals surface area contributed by atoms with Gasteiger partial charge in [-0.25, -0.2) is 0 Å². The number of carbonyl (C=O) groups excluding carboxylic acids is 2. The molecule has 2 amide bonds. The zero-order chi connectivity index (χ0) is 26.8. The van der Waals surface area contributed by atoms with Crippen molar-refractivity contribution < 1.29 is 9.59 Å². The van der Waals surface area contributed by atoms with E-state index < -0.39 is 5.92 Å². The van der Waals surface area contributed by atoms with Crippen LogP contribution in [0.3, 0.4) is 0 Å². The highest BCUT2D eigenvalue weighted by Crippen LogP contribution is 2.37. The van der Waals surface area contributed by atoms with Crippen LogP contribution in [0.5, 0.6) is 0 Å². The minimum atomic E-state index is -0.556. The number of anilines is 2. The quantitative estimate of drug-likeness (QED) is 0.466. The molecule has 7 nitrogen and oxygen atoms in total. The Balaban J connectivity index is 1.39. The van der Waals surface area contributed by atoms with Crippen LogP contribution >= 0.6 is 11.6 Å². The van der Waals surface area contributed by atoms with Crippen molar-refractivity contribution in [2.45, 2.75) is 18.9 Å². The first kappa shape index (κ1) is 26.1. The van der Waals surface area contributed by atoms with Gasteiger partial charge in [0.25, 0.3) is 0 Å². The lowest BCUT2D eigenvalue weighted by atomic mass is 9.90. The molecule has 0 saturated carbocycles. The van der Waals surface area contributed by atoms with Crippen LogP contribution in [0.1, 0.15) is 24.0 Å². The van der Waals surface area contributed by atoms with Crippen LogP contribution in [0.25, 0.3) is 0 Å². The number of likely N-dealkylation sites (N-methyl/N-ethyl adjacent to an activating group) is 2. The molecule has 0 spiro atoms. The number of halogens is 1. The first-order chi connectivity index (χ1) is 18.3. The number of hydrogen-bond acceptors (Lipinski definition) is 5. The Morgan fingerprint density at radius 2 is 1.82 bits per heavy atom. The predicted octanol–water partition coefficient (Wildman–Crippen LogP) is 4.80. The summed E-state index contributed by atoms with van der Waals surface area (Å²) in [5.41, 5.74) is 4.59. The van der Waals surface area contributed by atoms with Crippen LogP contribution in [-0.4, -0.2) is 73.6 Å². The molecular formula is C30H32ClN5O2. The number of carbonyl (C=O) groups is 2. The molecule has 8 heteroatoms. The number of aliphatic imine (C=N–C) groups is 1. The summed E-state index contributed by atoms with van der Waals surface area (Å²) in [5, 5.41) is 3.51. The molecule has 5 rings (SSSR count). The van der Waals surface area contributed by atoms with Gasteiger partial charge < -0.3 is 15.1 Å². The molecule has 3 aromatic rings. The van der Waals surface area contributed by atoms with Gasteiger partial charge in [-0.3, -0.25) is 19.5 Å². The van der Waals surface area contributed by atoms with Crippen molar-refractivity contribution in [2.24, 2.45) is 4.99 Å². The normalized spacial score (nSPS) is 20.2. The van der Waals surface area contributed by atoms with E-state index in [-0.39, 0.29) is 11.8 Å². The summed E-state index contributed by atoms with van der Waals surface area (Å²) in [6.45, 7) is 5.37. The van der Waals surface area contributed by atoms with Crippen molar-refractivity contribution in [1.29, 1.82) is 0 Å². The largest absolute Gasteiger partial charge is 0.325 e. The van der Waals surface area contributed by atoms with Gasteiger partial charge in [0, 0.05) is 49.1 Å². The van der Waals surface area contributed by atoms with E-state index in [2.05, 4.69) is 29.1 Å². The van der Waals surface area contributed by atoms with Gasteiger partial charge >= 0.3 is 0 Å². The third-order valence-corrected chi connectivity index (χ3v) is 7.59. The number of fused-ring (bicyclic) bond motifs is 1. The smallest absolute Gasteiger partial charge is 0.240 e. The average molecular weight is 530 g/mol. The van der Waals surface area contributed by atoms with Gasteiger partial charge in [-0.2, -0.15) is 0 Å². The van der Waals surface area contributed by atoms with Crippen LogP contribution in [-0.2, 0) is 9.59 Å². The molecule has 2 unspecified atom stereocenters. The van der Waals surface area contributed by atoms with Crippen molar-refractivity contribution in [2.75, 3.05) is 50.5 Å². The predicted molar refractivity (Wildman–Crippen MR) is 154 cm³/mol. The molecule has 2 aliphatic rings. The highest BCUT2D eigenvalue weighted by molar-refractivity contribution is 6.31. The minimum Gasteiger partial charge on any atom is -0.325 e. The molecule has 0 bridgehead atoms. The Morgan fingerprint density at radius 1 is 1.08 bits per heavy atom. The zero-order valence-electron chi connectivity index (χ0n) is 21.9. The maximum absolute atomic E-state index is 13.1.